The summed E-state index contributed by atoms with van der Waals surface area (Å²) in [5.74, 6) is -1.31. The van der Waals surface area contributed by atoms with Gasteiger partial charge in [0, 0.05) is 7.05 Å². The van der Waals surface area contributed by atoms with E-state index in [1.807, 2.05) is 6.92 Å². The molecule has 0 spiro atoms. The molecule has 1 aliphatic rings. The molecule has 102 valence electrons. The summed E-state index contributed by atoms with van der Waals surface area (Å²) in [5.41, 5.74) is 0. The third-order valence-corrected chi connectivity index (χ3v) is 3.04. The molecule has 8 nitrogen and oxygen atoms in total. The average molecular weight is 265 g/mol. The monoisotopic (exact) mass is 265 g/mol. The number of aromatic nitrogens is 3. The van der Waals surface area contributed by atoms with E-state index in [1.165, 1.54) is 6.33 Å². The zero-order valence-corrected chi connectivity index (χ0v) is 10.8. The Morgan fingerprint density at radius 1 is 1.37 bits per heavy atom. The van der Waals surface area contributed by atoms with Crippen LogP contribution in [-0.2, 0) is 23.2 Å². The van der Waals surface area contributed by atoms with Crippen molar-refractivity contribution in [2.24, 2.45) is 13.0 Å². The number of rotatable bonds is 4. The van der Waals surface area contributed by atoms with Gasteiger partial charge in [0.05, 0.1) is 6.54 Å². The van der Waals surface area contributed by atoms with Gasteiger partial charge in [-0.3, -0.25) is 19.8 Å². The van der Waals surface area contributed by atoms with Crippen LogP contribution in [0.2, 0.25) is 0 Å². The molecule has 1 unspecified atom stereocenters. The second kappa shape index (κ2) is 5.17. The number of urea groups is 1. The Bertz CT molecular complexity index is 524. The molecule has 1 atom stereocenters. The van der Waals surface area contributed by atoms with Gasteiger partial charge in [-0.05, 0) is 6.42 Å². The number of amides is 4. The Kier molecular flexibility index (Phi) is 3.59. The first-order chi connectivity index (χ1) is 9.04. The van der Waals surface area contributed by atoms with Crippen molar-refractivity contribution in [1.29, 1.82) is 0 Å². The normalized spacial score (nSPS) is 19.8. The van der Waals surface area contributed by atoms with Gasteiger partial charge in [-0.2, -0.15) is 0 Å². The van der Waals surface area contributed by atoms with Crippen LogP contribution >= 0.6 is 0 Å². The molecule has 2 heterocycles. The summed E-state index contributed by atoms with van der Waals surface area (Å²) in [4.78, 5) is 36.5. The van der Waals surface area contributed by atoms with Gasteiger partial charge in [-0.1, -0.05) is 13.3 Å². The molecule has 19 heavy (non-hydrogen) atoms. The van der Waals surface area contributed by atoms with Gasteiger partial charge in [0.25, 0.3) is 0 Å². The molecular weight excluding hydrogens is 250 g/mol. The lowest BCUT2D eigenvalue weighted by atomic mass is 9.99. The summed E-state index contributed by atoms with van der Waals surface area (Å²) < 4.78 is 1.62. The summed E-state index contributed by atoms with van der Waals surface area (Å²) >= 11 is 0. The highest BCUT2D eigenvalue weighted by Crippen LogP contribution is 2.17. The second-order valence-corrected chi connectivity index (χ2v) is 4.42. The number of carbonyl (C=O) groups excluding carboxylic acids is 3. The average Bonchev–Trinajstić information content (AvgIpc) is 2.76. The minimum Gasteiger partial charge on any atom is -0.319 e. The molecule has 1 saturated heterocycles. The first-order valence-electron chi connectivity index (χ1n) is 6.03. The van der Waals surface area contributed by atoms with Crippen LogP contribution < -0.4 is 5.32 Å². The van der Waals surface area contributed by atoms with Gasteiger partial charge < -0.3 is 4.57 Å². The van der Waals surface area contributed by atoms with E-state index >= 15 is 0 Å². The van der Waals surface area contributed by atoms with Crippen molar-refractivity contribution >= 4 is 17.8 Å². The largest absolute Gasteiger partial charge is 0.331 e. The van der Waals surface area contributed by atoms with E-state index < -0.39 is 23.8 Å². The fourth-order valence-electron chi connectivity index (χ4n) is 1.94. The first kappa shape index (κ1) is 13.2. The van der Waals surface area contributed by atoms with E-state index in [-0.39, 0.29) is 6.54 Å². The number of hydrogen-bond donors (Lipinski definition) is 1. The molecule has 4 amide bonds. The van der Waals surface area contributed by atoms with Crippen molar-refractivity contribution in [1.82, 2.24) is 25.0 Å². The number of aryl methyl sites for hydroxylation is 1. The molecule has 0 aliphatic carbocycles. The van der Waals surface area contributed by atoms with Crippen LogP contribution in [0, 0.1) is 5.92 Å². The topological polar surface area (TPSA) is 97.2 Å². The van der Waals surface area contributed by atoms with Gasteiger partial charge in [-0.25, -0.2) is 4.79 Å². The number of nitrogens with zero attached hydrogens (tertiary/aromatic N) is 4. The minimum absolute atomic E-state index is 0.00859. The van der Waals surface area contributed by atoms with Gasteiger partial charge in [-0.15, -0.1) is 10.2 Å². The van der Waals surface area contributed by atoms with E-state index in [2.05, 4.69) is 15.5 Å². The van der Waals surface area contributed by atoms with Crippen molar-refractivity contribution in [2.45, 2.75) is 26.3 Å². The van der Waals surface area contributed by atoms with Crippen LogP contribution in [-0.4, -0.2) is 37.5 Å². The molecule has 1 aromatic rings. The highest BCUT2D eigenvalue weighted by Gasteiger charge is 2.40. The van der Waals surface area contributed by atoms with E-state index in [0.717, 1.165) is 4.90 Å². The molecule has 1 aliphatic heterocycles. The van der Waals surface area contributed by atoms with E-state index in [4.69, 9.17) is 0 Å². The van der Waals surface area contributed by atoms with Crippen molar-refractivity contribution in [3.05, 3.63) is 12.2 Å². The Hall–Kier alpha value is -2.25. The molecule has 1 N–H and O–H groups in total. The molecule has 1 aromatic heterocycles. The van der Waals surface area contributed by atoms with Crippen molar-refractivity contribution in [2.75, 3.05) is 0 Å². The van der Waals surface area contributed by atoms with Crippen molar-refractivity contribution < 1.29 is 14.4 Å². The standard InChI is InChI=1S/C11H15N5O3/c1-3-4-7-9(17)13-11(19)16(10(7)18)5-8-14-12-6-15(8)2/h6-7H,3-5H2,1-2H3,(H,13,17,19). The van der Waals surface area contributed by atoms with Crippen LogP contribution in [0.3, 0.4) is 0 Å². The Balaban J connectivity index is 2.19. The zero-order chi connectivity index (χ0) is 14.0. The Labute approximate surface area is 109 Å². The highest BCUT2D eigenvalue weighted by molar-refractivity contribution is 6.16. The Morgan fingerprint density at radius 3 is 2.68 bits per heavy atom. The second-order valence-electron chi connectivity index (χ2n) is 4.42. The number of imide groups is 2. The molecular formula is C11H15N5O3. The maximum atomic E-state index is 12.2. The first-order valence-corrected chi connectivity index (χ1v) is 6.03. The molecule has 2 rings (SSSR count). The number of nitrogens with one attached hydrogen (secondary N) is 1. The van der Waals surface area contributed by atoms with Gasteiger partial charge >= 0.3 is 6.03 Å². The van der Waals surface area contributed by atoms with Crippen LogP contribution in [0.5, 0.6) is 0 Å². The smallest absolute Gasteiger partial charge is 0.319 e. The fourth-order valence-corrected chi connectivity index (χ4v) is 1.94. The molecule has 0 bridgehead atoms. The molecule has 0 aromatic carbocycles. The number of barbiturate groups is 1. The Morgan fingerprint density at radius 2 is 2.11 bits per heavy atom. The zero-order valence-electron chi connectivity index (χ0n) is 10.8. The lowest BCUT2D eigenvalue weighted by molar-refractivity contribution is -0.143. The van der Waals surface area contributed by atoms with Crippen LogP contribution in [0.25, 0.3) is 0 Å². The predicted octanol–water partition coefficient (Wildman–Crippen LogP) is -0.190. The van der Waals surface area contributed by atoms with Gasteiger partial charge in [0.1, 0.15) is 12.2 Å². The molecule has 0 saturated carbocycles. The number of carbonyl (C=O) groups is 3. The van der Waals surface area contributed by atoms with Gasteiger partial charge in [0.2, 0.25) is 11.8 Å². The van der Waals surface area contributed by atoms with Crippen molar-refractivity contribution in [3.63, 3.8) is 0 Å². The fraction of sp³-hybridized carbons (Fsp3) is 0.545. The molecule has 1 fully saturated rings. The van der Waals surface area contributed by atoms with Crippen LogP contribution in [0.15, 0.2) is 6.33 Å². The van der Waals surface area contributed by atoms with E-state index in [9.17, 15) is 14.4 Å². The van der Waals surface area contributed by atoms with Crippen LogP contribution in [0.1, 0.15) is 25.6 Å². The molecule has 0 radical (unpaired) electrons. The summed E-state index contributed by atoms with van der Waals surface area (Å²) in [5, 5.41) is 9.70. The SMILES string of the molecule is CCCC1C(=O)NC(=O)N(Cc2nncn2C)C1=O. The van der Waals surface area contributed by atoms with E-state index in [1.54, 1.807) is 11.6 Å². The summed E-state index contributed by atoms with van der Waals surface area (Å²) in [6, 6.07) is -0.703. The highest BCUT2D eigenvalue weighted by atomic mass is 16.2. The van der Waals surface area contributed by atoms with Gasteiger partial charge in [0.15, 0.2) is 5.82 Å². The van der Waals surface area contributed by atoms with E-state index in [0.29, 0.717) is 18.7 Å². The summed E-state index contributed by atoms with van der Waals surface area (Å²) in [6.07, 6.45) is 2.60. The minimum atomic E-state index is -0.795. The molecule has 8 heteroatoms. The lowest BCUT2D eigenvalue weighted by Gasteiger charge is -2.29. The maximum absolute atomic E-state index is 12.2. The summed E-state index contributed by atoms with van der Waals surface area (Å²) in [6.45, 7) is 1.89. The van der Waals surface area contributed by atoms with Crippen LogP contribution in [0.4, 0.5) is 4.79 Å². The lowest BCUT2D eigenvalue weighted by Crippen LogP contribution is -2.57. The maximum Gasteiger partial charge on any atom is 0.331 e. The summed E-state index contributed by atoms with van der Waals surface area (Å²) in [7, 11) is 1.72. The number of hydrogen-bond acceptors (Lipinski definition) is 5. The third-order valence-electron chi connectivity index (χ3n) is 3.04. The quantitative estimate of drug-likeness (QED) is 0.761. The third kappa shape index (κ3) is 2.47. The van der Waals surface area contributed by atoms with Crippen molar-refractivity contribution in [3.8, 4) is 0 Å². The predicted molar refractivity (Wildman–Crippen MR) is 63.5 cm³/mol.